The third-order valence-electron chi connectivity index (χ3n) is 4.10. The third-order valence-corrected chi connectivity index (χ3v) is 5.08. The molecule has 2 amide bonds. The molecule has 3 rings (SSSR count). The van der Waals surface area contributed by atoms with Gasteiger partial charge in [-0.05, 0) is 47.7 Å². The van der Waals surface area contributed by atoms with E-state index in [0.29, 0.717) is 13.1 Å². The number of carbonyl (C=O) groups excluding carboxylic acids is 1. The molecule has 0 radical (unpaired) electrons. The highest BCUT2D eigenvalue weighted by Crippen LogP contribution is 2.28. The minimum Gasteiger partial charge on any atom is -0.497 e. The molecule has 5 nitrogen and oxygen atoms in total. The van der Waals surface area contributed by atoms with E-state index in [1.54, 1.807) is 24.7 Å². The van der Waals surface area contributed by atoms with Gasteiger partial charge in [-0.1, -0.05) is 18.2 Å². The molecule has 1 atom stereocenters. The number of amides is 2. The van der Waals surface area contributed by atoms with Crippen molar-refractivity contribution >= 4 is 17.4 Å². The summed E-state index contributed by atoms with van der Waals surface area (Å²) in [6, 6.07) is 15.5. The Morgan fingerprint density at radius 3 is 2.65 bits per heavy atom. The van der Waals surface area contributed by atoms with Crippen LogP contribution in [0.4, 0.5) is 4.79 Å². The van der Waals surface area contributed by atoms with Crippen LogP contribution in [-0.2, 0) is 6.42 Å². The average molecular weight is 370 g/mol. The molecule has 0 aliphatic heterocycles. The van der Waals surface area contributed by atoms with Crippen molar-refractivity contribution in [2.75, 3.05) is 20.2 Å². The Balaban J connectivity index is 1.46. The van der Waals surface area contributed by atoms with Crippen LogP contribution in [0.25, 0.3) is 0 Å². The number of hydrogen-bond acceptors (Lipinski definition) is 4. The number of furan rings is 1. The summed E-state index contributed by atoms with van der Waals surface area (Å²) in [6.07, 6.45) is 2.43. The van der Waals surface area contributed by atoms with E-state index in [4.69, 9.17) is 9.15 Å². The molecule has 2 aromatic heterocycles. The maximum absolute atomic E-state index is 12.1. The predicted molar refractivity (Wildman–Crippen MR) is 103 cm³/mol. The lowest BCUT2D eigenvalue weighted by atomic mass is 10.1. The van der Waals surface area contributed by atoms with Gasteiger partial charge in [0.05, 0.1) is 19.3 Å². The number of urea groups is 1. The first-order valence-corrected chi connectivity index (χ1v) is 9.35. The van der Waals surface area contributed by atoms with E-state index in [-0.39, 0.29) is 11.9 Å². The van der Waals surface area contributed by atoms with E-state index in [9.17, 15) is 4.79 Å². The normalized spacial score (nSPS) is 11.7. The molecular weight excluding hydrogens is 348 g/mol. The SMILES string of the molecule is COc1ccc(CCNC(=O)NC[C@@H](c2ccco2)c2cccs2)cc1. The van der Waals surface area contributed by atoms with Crippen molar-refractivity contribution in [3.05, 3.63) is 76.4 Å². The summed E-state index contributed by atoms with van der Waals surface area (Å²) in [4.78, 5) is 13.3. The summed E-state index contributed by atoms with van der Waals surface area (Å²) in [5.74, 6) is 1.71. The second kappa shape index (κ2) is 9.10. The molecule has 0 fully saturated rings. The number of nitrogens with one attached hydrogen (secondary N) is 2. The fourth-order valence-corrected chi connectivity index (χ4v) is 3.53. The molecule has 0 saturated carbocycles. The van der Waals surface area contributed by atoms with Crippen LogP contribution in [0, 0.1) is 0 Å². The molecule has 2 heterocycles. The lowest BCUT2D eigenvalue weighted by Crippen LogP contribution is -2.38. The van der Waals surface area contributed by atoms with Crippen molar-refractivity contribution in [1.82, 2.24) is 10.6 Å². The summed E-state index contributed by atoms with van der Waals surface area (Å²) < 4.78 is 10.7. The summed E-state index contributed by atoms with van der Waals surface area (Å²) in [6.45, 7) is 1.06. The monoisotopic (exact) mass is 370 g/mol. The highest BCUT2D eigenvalue weighted by molar-refractivity contribution is 7.10. The van der Waals surface area contributed by atoms with Gasteiger partial charge in [0, 0.05) is 18.0 Å². The van der Waals surface area contributed by atoms with Crippen LogP contribution in [0.3, 0.4) is 0 Å². The van der Waals surface area contributed by atoms with Crippen LogP contribution < -0.4 is 15.4 Å². The molecule has 0 aliphatic rings. The van der Waals surface area contributed by atoms with Crippen LogP contribution in [0.15, 0.2) is 64.6 Å². The molecular formula is C20H22N2O3S. The van der Waals surface area contributed by atoms with Gasteiger partial charge in [0.15, 0.2) is 0 Å². The van der Waals surface area contributed by atoms with Crippen LogP contribution >= 0.6 is 11.3 Å². The molecule has 136 valence electrons. The zero-order chi connectivity index (χ0) is 18.2. The Labute approximate surface area is 157 Å². The fourth-order valence-electron chi connectivity index (χ4n) is 2.69. The van der Waals surface area contributed by atoms with Crippen LogP contribution in [-0.4, -0.2) is 26.2 Å². The summed E-state index contributed by atoms with van der Waals surface area (Å²) in [5.41, 5.74) is 1.15. The smallest absolute Gasteiger partial charge is 0.314 e. The molecule has 1 aromatic carbocycles. The quantitative estimate of drug-likeness (QED) is 0.629. The van der Waals surface area contributed by atoms with Crippen molar-refractivity contribution in [2.45, 2.75) is 12.3 Å². The Morgan fingerprint density at radius 2 is 2.00 bits per heavy atom. The lowest BCUT2D eigenvalue weighted by molar-refractivity contribution is 0.240. The van der Waals surface area contributed by atoms with E-state index < -0.39 is 0 Å². The molecule has 0 aliphatic carbocycles. The Morgan fingerprint density at radius 1 is 1.15 bits per heavy atom. The second-order valence-electron chi connectivity index (χ2n) is 5.82. The Bertz CT molecular complexity index is 749. The average Bonchev–Trinajstić information content (AvgIpc) is 3.37. The van der Waals surface area contributed by atoms with Crippen LogP contribution in [0.5, 0.6) is 5.75 Å². The number of carbonyl (C=O) groups is 1. The standard InChI is InChI=1S/C20H22N2O3S/c1-24-16-8-6-15(7-9-16)10-11-21-20(23)22-14-17(18-4-2-12-25-18)19-5-3-13-26-19/h2-9,12-13,17H,10-11,14H2,1H3,(H2,21,22,23)/t17-/m0/s1. The van der Waals surface area contributed by atoms with Crippen LogP contribution in [0.2, 0.25) is 0 Å². The first-order chi connectivity index (χ1) is 12.8. The van der Waals surface area contributed by atoms with Gasteiger partial charge in [0.1, 0.15) is 11.5 Å². The van der Waals surface area contributed by atoms with Gasteiger partial charge in [-0.25, -0.2) is 4.79 Å². The van der Waals surface area contributed by atoms with Gasteiger partial charge in [0.25, 0.3) is 0 Å². The number of rotatable bonds is 8. The number of benzene rings is 1. The van der Waals surface area contributed by atoms with Gasteiger partial charge >= 0.3 is 6.03 Å². The van der Waals surface area contributed by atoms with Crippen molar-refractivity contribution < 1.29 is 13.9 Å². The first kappa shape index (κ1) is 18.1. The third kappa shape index (κ3) is 4.89. The van der Waals surface area contributed by atoms with Gasteiger partial charge in [0.2, 0.25) is 0 Å². The van der Waals surface area contributed by atoms with E-state index in [1.165, 1.54) is 4.88 Å². The van der Waals surface area contributed by atoms with E-state index in [1.807, 2.05) is 47.8 Å². The summed E-state index contributed by atoms with van der Waals surface area (Å²) in [7, 11) is 1.65. The topological polar surface area (TPSA) is 63.5 Å². The van der Waals surface area contributed by atoms with Crippen molar-refractivity contribution in [3.63, 3.8) is 0 Å². The van der Waals surface area contributed by atoms with E-state index >= 15 is 0 Å². The van der Waals surface area contributed by atoms with Gasteiger partial charge < -0.3 is 19.8 Å². The largest absolute Gasteiger partial charge is 0.497 e. The highest BCUT2D eigenvalue weighted by atomic mass is 32.1. The summed E-state index contributed by atoms with van der Waals surface area (Å²) in [5, 5.41) is 7.87. The molecule has 6 heteroatoms. The van der Waals surface area contributed by atoms with Crippen LogP contribution in [0.1, 0.15) is 22.1 Å². The minimum atomic E-state index is -0.174. The maximum atomic E-state index is 12.1. The molecule has 0 bridgehead atoms. The number of methoxy groups -OCH3 is 1. The minimum absolute atomic E-state index is 0.0253. The first-order valence-electron chi connectivity index (χ1n) is 8.47. The van der Waals surface area contributed by atoms with Crippen molar-refractivity contribution in [1.29, 1.82) is 0 Å². The summed E-state index contributed by atoms with van der Waals surface area (Å²) >= 11 is 1.66. The second-order valence-corrected chi connectivity index (χ2v) is 6.80. The fraction of sp³-hybridized carbons (Fsp3) is 0.250. The Hall–Kier alpha value is -2.73. The molecule has 3 aromatic rings. The van der Waals surface area contributed by atoms with E-state index in [2.05, 4.69) is 16.7 Å². The number of ether oxygens (including phenoxy) is 1. The number of hydrogen-bond donors (Lipinski definition) is 2. The van der Waals surface area contributed by atoms with Crippen molar-refractivity contribution in [2.24, 2.45) is 0 Å². The molecule has 0 saturated heterocycles. The predicted octanol–water partition coefficient (Wildman–Crippen LogP) is 4.02. The molecule has 26 heavy (non-hydrogen) atoms. The molecule has 0 spiro atoms. The highest BCUT2D eigenvalue weighted by Gasteiger charge is 2.18. The van der Waals surface area contributed by atoms with E-state index in [0.717, 1.165) is 23.5 Å². The maximum Gasteiger partial charge on any atom is 0.314 e. The Kier molecular flexibility index (Phi) is 6.33. The van der Waals surface area contributed by atoms with Gasteiger partial charge in [-0.2, -0.15) is 0 Å². The molecule has 2 N–H and O–H groups in total. The van der Waals surface area contributed by atoms with Crippen molar-refractivity contribution in [3.8, 4) is 5.75 Å². The zero-order valence-electron chi connectivity index (χ0n) is 14.6. The van der Waals surface area contributed by atoms with Gasteiger partial charge in [-0.15, -0.1) is 11.3 Å². The molecule has 0 unspecified atom stereocenters. The zero-order valence-corrected chi connectivity index (χ0v) is 15.4. The van der Waals surface area contributed by atoms with Gasteiger partial charge in [-0.3, -0.25) is 0 Å². The number of thiophene rings is 1. The lowest BCUT2D eigenvalue weighted by Gasteiger charge is -2.14.